The second-order valence-electron chi connectivity index (χ2n) is 10.7. The largest absolute Gasteiger partial charge is 0.542 e. The molecular formula is C26H34BrClO2Si. The summed E-state index contributed by atoms with van der Waals surface area (Å²) in [6.07, 6.45) is 8.81. The summed E-state index contributed by atoms with van der Waals surface area (Å²) in [7, 11) is -2.10. The van der Waals surface area contributed by atoms with Gasteiger partial charge >= 0.3 is 0 Å². The first-order chi connectivity index (χ1) is 14.5. The summed E-state index contributed by atoms with van der Waals surface area (Å²) in [4.78, 5) is 0. The highest BCUT2D eigenvalue weighted by Crippen LogP contribution is 2.52. The Morgan fingerprint density at radius 3 is 2.00 bits per heavy atom. The molecule has 31 heavy (non-hydrogen) atoms. The van der Waals surface area contributed by atoms with Crippen LogP contribution in [0.5, 0.6) is 11.5 Å². The zero-order valence-electron chi connectivity index (χ0n) is 19.4. The fourth-order valence-electron chi connectivity index (χ4n) is 4.75. The third kappa shape index (κ3) is 4.20. The molecule has 4 rings (SSSR count). The summed E-state index contributed by atoms with van der Waals surface area (Å²) in [6, 6.07) is 4.24. The number of hydrogen-bond donors (Lipinski definition) is 1. The van der Waals surface area contributed by atoms with Crippen LogP contribution in [0, 0.1) is 0 Å². The van der Waals surface area contributed by atoms with E-state index in [9.17, 15) is 5.11 Å². The summed E-state index contributed by atoms with van der Waals surface area (Å²) in [6.45, 7) is 11.4. The van der Waals surface area contributed by atoms with E-state index in [1.54, 1.807) is 0 Å². The van der Waals surface area contributed by atoms with Crippen molar-refractivity contribution < 1.29 is 9.53 Å². The van der Waals surface area contributed by atoms with Crippen molar-refractivity contribution in [3.63, 3.8) is 0 Å². The first-order valence-corrected chi connectivity index (χ1v) is 15.7. The maximum absolute atomic E-state index is 11.3. The highest BCUT2D eigenvalue weighted by Gasteiger charge is 2.41. The number of phenols is 1. The van der Waals surface area contributed by atoms with Gasteiger partial charge in [-0.1, -0.05) is 32.4 Å². The number of aryl methyl sites for hydroxylation is 2. The molecule has 0 unspecified atom stereocenters. The van der Waals surface area contributed by atoms with Crippen molar-refractivity contribution in [3.05, 3.63) is 43.9 Å². The van der Waals surface area contributed by atoms with Crippen LogP contribution in [0.4, 0.5) is 0 Å². The summed E-state index contributed by atoms with van der Waals surface area (Å²) in [5, 5.41) is 11.8. The van der Waals surface area contributed by atoms with E-state index in [4.69, 9.17) is 16.0 Å². The van der Waals surface area contributed by atoms with E-state index in [1.165, 1.54) is 41.5 Å². The Bertz CT molecular complexity index is 1020. The average molecular weight is 522 g/mol. The van der Waals surface area contributed by atoms with Gasteiger partial charge in [0.1, 0.15) is 11.5 Å². The van der Waals surface area contributed by atoms with Crippen LogP contribution >= 0.6 is 27.5 Å². The van der Waals surface area contributed by atoms with E-state index in [0.717, 1.165) is 53.5 Å². The van der Waals surface area contributed by atoms with Crippen molar-refractivity contribution in [3.8, 4) is 22.6 Å². The van der Waals surface area contributed by atoms with Crippen LogP contribution in [0.2, 0.25) is 23.2 Å². The summed E-state index contributed by atoms with van der Waals surface area (Å²) in [5.41, 5.74) is 7.28. The molecule has 0 amide bonds. The van der Waals surface area contributed by atoms with Crippen molar-refractivity contribution in [2.24, 2.45) is 0 Å². The van der Waals surface area contributed by atoms with E-state index < -0.39 is 8.32 Å². The zero-order chi connectivity index (χ0) is 22.6. The van der Waals surface area contributed by atoms with E-state index in [1.807, 2.05) is 6.07 Å². The highest BCUT2D eigenvalue weighted by atomic mass is 79.9. The molecule has 0 heterocycles. The van der Waals surface area contributed by atoms with E-state index in [0.29, 0.717) is 5.02 Å². The minimum atomic E-state index is -2.10. The van der Waals surface area contributed by atoms with E-state index >= 15 is 0 Å². The molecule has 2 aliphatic carbocycles. The highest BCUT2D eigenvalue weighted by molar-refractivity contribution is 9.10. The molecule has 2 aliphatic rings. The molecule has 168 valence electrons. The summed E-state index contributed by atoms with van der Waals surface area (Å²) < 4.78 is 7.97. The summed E-state index contributed by atoms with van der Waals surface area (Å²) in [5.74, 6) is 1.12. The third-order valence-electron chi connectivity index (χ3n) is 7.55. The molecule has 0 saturated heterocycles. The molecule has 5 heteroatoms. The number of benzene rings is 2. The van der Waals surface area contributed by atoms with Gasteiger partial charge in [-0.3, -0.25) is 0 Å². The normalized spacial score (nSPS) is 16.6. The van der Waals surface area contributed by atoms with Gasteiger partial charge < -0.3 is 9.53 Å². The maximum atomic E-state index is 11.3. The first-order valence-electron chi connectivity index (χ1n) is 11.6. The maximum Gasteiger partial charge on any atom is 0.250 e. The Labute approximate surface area is 201 Å². The minimum absolute atomic E-state index is 0.0788. The molecule has 0 atom stereocenters. The van der Waals surface area contributed by atoms with Gasteiger partial charge in [0, 0.05) is 11.1 Å². The number of hydrogen-bond acceptors (Lipinski definition) is 2. The van der Waals surface area contributed by atoms with Gasteiger partial charge in [0.25, 0.3) is 8.32 Å². The van der Waals surface area contributed by atoms with Gasteiger partial charge in [-0.05, 0) is 120 Å². The van der Waals surface area contributed by atoms with Gasteiger partial charge in [-0.2, -0.15) is 0 Å². The van der Waals surface area contributed by atoms with Crippen molar-refractivity contribution in [1.82, 2.24) is 0 Å². The van der Waals surface area contributed by atoms with E-state index in [2.05, 4.69) is 55.9 Å². The molecule has 1 N–H and O–H groups in total. The molecule has 0 aromatic heterocycles. The van der Waals surface area contributed by atoms with Crippen LogP contribution in [0.25, 0.3) is 11.1 Å². The average Bonchev–Trinajstić information content (AvgIpc) is 2.69. The second kappa shape index (κ2) is 8.42. The van der Waals surface area contributed by atoms with Crippen molar-refractivity contribution in [2.75, 3.05) is 0 Å². The lowest BCUT2D eigenvalue weighted by atomic mass is 9.80. The molecule has 0 aliphatic heterocycles. The van der Waals surface area contributed by atoms with Gasteiger partial charge in [-0.25, -0.2) is 0 Å². The van der Waals surface area contributed by atoms with Crippen LogP contribution in [0.1, 0.15) is 68.7 Å². The fourth-order valence-corrected chi connectivity index (χ4v) is 6.71. The van der Waals surface area contributed by atoms with Crippen LogP contribution in [0.3, 0.4) is 0 Å². The van der Waals surface area contributed by atoms with Crippen molar-refractivity contribution in [2.45, 2.75) is 90.3 Å². The predicted molar refractivity (Wildman–Crippen MR) is 137 cm³/mol. The van der Waals surface area contributed by atoms with Crippen LogP contribution < -0.4 is 4.43 Å². The number of aromatic hydroxyl groups is 1. The molecule has 0 spiro atoms. The van der Waals surface area contributed by atoms with Crippen LogP contribution in [-0.4, -0.2) is 13.4 Å². The van der Waals surface area contributed by atoms with Crippen LogP contribution in [0.15, 0.2) is 16.6 Å². The molecule has 0 bridgehead atoms. The first kappa shape index (κ1) is 23.2. The fraction of sp³-hybridized carbons (Fsp3) is 0.538. The smallest absolute Gasteiger partial charge is 0.250 e. The van der Waals surface area contributed by atoms with Crippen molar-refractivity contribution >= 4 is 35.8 Å². The monoisotopic (exact) mass is 520 g/mol. The Morgan fingerprint density at radius 1 is 0.903 bits per heavy atom. The van der Waals surface area contributed by atoms with Gasteiger partial charge in [0.15, 0.2) is 0 Å². The number of fused-ring (bicyclic) bond motifs is 2. The molecule has 0 fully saturated rings. The Morgan fingerprint density at radius 2 is 1.42 bits per heavy atom. The second-order valence-corrected chi connectivity index (χ2v) is 16.7. The van der Waals surface area contributed by atoms with Crippen LogP contribution in [-0.2, 0) is 25.7 Å². The van der Waals surface area contributed by atoms with Gasteiger partial charge in [0.05, 0.1) is 9.50 Å². The molecule has 2 aromatic carbocycles. The Balaban J connectivity index is 2.04. The standard InChI is InChI=1S/C26H34BrClO2Si/c1-26(2,3)31(4,5)30-25-20(27)14-16-10-6-9-13-19(16)23(25)22-18-12-8-7-11-17(18)15-21(28)24(22)29/h14-15,29H,6-13H2,1-5H3. The van der Waals surface area contributed by atoms with Gasteiger partial charge in [-0.15, -0.1) is 0 Å². The van der Waals surface area contributed by atoms with Crippen molar-refractivity contribution in [1.29, 1.82) is 0 Å². The lowest BCUT2D eigenvalue weighted by Gasteiger charge is -2.38. The predicted octanol–water partition coefficient (Wildman–Crippen LogP) is 8.62. The van der Waals surface area contributed by atoms with E-state index in [-0.39, 0.29) is 10.8 Å². The lowest BCUT2D eigenvalue weighted by molar-refractivity contribution is 0.472. The molecule has 0 radical (unpaired) electrons. The lowest BCUT2D eigenvalue weighted by Crippen LogP contribution is -2.44. The Kier molecular flexibility index (Phi) is 6.30. The minimum Gasteiger partial charge on any atom is -0.542 e. The Hall–Kier alpha value is -0.973. The molecule has 0 saturated carbocycles. The third-order valence-corrected chi connectivity index (χ3v) is 12.8. The summed E-state index contributed by atoms with van der Waals surface area (Å²) >= 11 is 10.5. The quantitative estimate of drug-likeness (QED) is 0.410. The van der Waals surface area contributed by atoms with Gasteiger partial charge in [0.2, 0.25) is 0 Å². The number of phenolic OH excluding ortho intramolecular Hbond substituents is 1. The topological polar surface area (TPSA) is 29.5 Å². The molecule has 2 aromatic rings. The number of halogens is 2. The molecule has 2 nitrogen and oxygen atoms in total. The molecular weight excluding hydrogens is 488 g/mol. The number of rotatable bonds is 3. The zero-order valence-corrected chi connectivity index (χ0v) is 22.8. The SMILES string of the molecule is CC(C)(C)[Si](C)(C)Oc1c(Br)cc2c(c1-c1c(O)c(Cl)cc3c1CCCC3)CCCC2.